The zero-order chi connectivity index (χ0) is 19.2. The molecule has 0 aromatic heterocycles. The highest BCUT2D eigenvalue weighted by Crippen LogP contribution is 2.22. The van der Waals surface area contributed by atoms with Crippen LogP contribution in [0, 0.1) is 6.92 Å². The minimum Gasteiger partial charge on any atom is -0.395 e. The minimum absolute atomic E-state index is 0.0954. The number of para-hydroxylation sites is 1. The molecule has 0 radical (unpaired) electrons. The van der Waals surface area contributed by atoms with E-state index in [1.807, 2.05) is 41.1 Å². The van der Waals surface area contributed by atoms with Crippen molar-refractivity contribution in [2.75, 3.05) is 56.2 Å². The average Bonchev–Trinajstić information content (AvgIpc) is 2.94. The number of aliphatic hydroxyl groups excluding tert-OH is 1. The largest absolute Gasteiger partial charge is 0.395 e. The van der Waals surface area contributed by atoms with Gasteiger partial charge in [-0.3, -0.25) is 4.79 Å². The van der Waals surface area contributed by atoms with Gasteiger partial charge in [0.2, 0.25) is 0 Å². The quantitative estimate of drug-likeness (QED) is 0.883. The van der Waals surface area contributed by atoms with E-state index in [-0.39, 0.29) is 12.5 Å². The van der Waals surface area contributed by atoms with Crippen LogP contribution in [0.2, 0.25) is 0 Å². The summed E-state index contributed by atoms with van der Waals surface area (Å²) < 4.78 is 0. The van der Waals surface area contributed by atoms with E-state index in [0.29, 0.717) is 6.54 Å². The number of aliphatic hydroxyl groups is 1. The number of aryl methyl sites for hydroxylation is 1. The molecule has 1 amide bonds. The summed E-state index contributed by atoms with van der Waals surface area (Å²) in [5.41, 5.74) is 4.27. The molecule has 2 aromatic rings. The second kappa shape index (κ2) is 8.91. The van der Waals surface area contributed by atoms with Gasteiger partial charge in [-0.05, 0) is 49.2 Å². The predicted molar refractivity (Wildman–Crippen MR) is 111 cm³/mol. The lowest BCUT2D eigenvalue weighted by Gasteiger charge is -2.25. The fourth-order valence-corrected chi connectivity index (χ4v) is 3.60. The van der Waals surface area contributed by atoms with E-state index in [2.05, 4.69) is 36.1 Å². The van der Waals surface area contributed by atoms with Crippen LogP contribution < -0.4 is 9.80 Å². The van der Waals surface area contributed by atoms with Gasteiger partial charge in [-0.1, -0.05) is 18.2 Å². The first-order chi connectivity index (χ1) is 13.1. The summed E-state index contributed by atoms with van der Waals surface area (Å²) in [6, 6.07) is 16.1. The van der Waals surface area contributed by atoms with E-state index >= 15 is 0 Å². The Bertz CT molecular complexity index is 760. The van der Waals surface area contributed by atoms with Crippen molar-refractivity contribution >= 4 is 17.3 Å². The Morgan fingerprint density at radius 2 is 1.78 bits per heavy atom. The molecule has 144 valence electrons. The highest BCUT2D eigenvalue weighted by molar-refractivity contribution is 5.94. The molecule has 1 heterocycles. The summed E-state index contributed by atoms with van der Waals surface area (Å²) in [5, 5.41) is 9.05. The summed E-state index contributed by atoms with van der Waals surface area (Å²) in [7, 11) is 1.93. The minimum atomic E-state index is 0.0954. The molecule has 0 spiro atoms. The number of hydrogen-bond acceptors (Lipinski definition) is 4. The number of nitrogens with zero attached hydrogens (tertiary/aromatic N) is 3. The SMILES string of the molecule is Cc1ccccc1N1CCCN(C(=O)c2ccc(N(C)CCO)cc2)CC1. The number of rotatable bonds is 5. The average molecular weight is 367 g/mol. The maximum absolute atomic E-state index is 12.9. The molecule has 0 saturated carbocycles. The lowest BCUT2D eigenvalue weighted by Crippen LogP contribution is -2.35. The summed E-state index contributed by atoms with van der Waals surface area (Å²) in [4.78, 5) is 19.2. The third kappa shape index (κ3) is 4.61. The Kier molecular flexibility index (Phi) is 6.35. The number of benzene rings is 2. The molecule has 1 aliphatic heterocycles. The summed E-state index contributed by atoms with van der Waals surface area (Å²) in [6.45, 7) is 6.18. The van der Waals surface area contributed by atoms with Crippen LogP contribution in [0.5, 0.6) is 0 Å². The molecule has 1 saturated heterocycles. The molecule has 1 aliphatic rings. The zero-order valence-corrected chi connectivity index (χ0v) is 16.3. The summed E-state index contributed by atoms with van der Waals surface area (Å²) in [5.74, 6) is 0.0954. The highest BCUT2D eigenvalue weighted by atomic mass is 16.3. The fourth-order valence-electron chi connectivity index (χ4n) is 3.60. The van der Waals surface area contributed by atoms with Crippen molar-refractivity contribution in [2.45, 2.75) is 13.3 Å². The maximum atomic E-state index is 12.9. The monoisotopic (exact) mass is 367 g/mol. The van der Waals surface area contributed by atoms with Crippen molar-refractivity contribution < 1.29 is 9.90 Å². The van der Waals surface area contributed by atoms with Crippen LogP contribution in [0.25, 0.3) is 0 Å². The molecule has 1 fully saturated rings. The first-order valence-electron chi connectivity index (χ1n) is 9.62. The van der Waals surface area contributed by atoms with Gasteiger partial charge in [0.15, 0.2) is 0 Å². The fraction of sp³-hybridized carbons (Fsp3) is 0.409. The first-order valence-corrected chi connectivity index (χ1v) is 9.62. The Morgan fingerprint density at radius 3 is 2.48 bits per heavy atom. The van der Waals surface area contributed by atoms with Gasteiger partial charge in [0.25, 0.3) is 5.91 Å². The Balaban J connectivity index is 1.65. The third-order valence-corrected chi connectivity index (χ3v) is 5.23. The molecule has 0 unspecified atom stereocenters. The van der Waals surface area contributed by atoms with E-state index in [0.717, 1.165) is 43.9 Å². The second-order valence-electron chi connectivity index (χ2n) is 7.11. The summed E-state index contributed by atoms with van der Waals surface area (Å²) in [6.07, 6.45) is 0.970. The van der Waals surface area contributed by atoms with Crippen molar-refractivity contribution in [1.82, 2.24) is 4.90 Å². The number of hydrogen-bond donors (Lipinski definition) is 1. The number of carbonyl (C=O) groups excluding carboxylic acids is 1. The van der Waals surface area contributed by atoms with Gasteiger partial charge in [-0.15, -0.1) is 0 Å². The molecule has 27 heavy (non-hydrogen) atoms. The lowest BCUT2D eigenvalue weighted by atomic mass is 10.1. The van der Waals surface area contributed by atoms with Gasteiger partial charge >= 0.3 is 0 Å². The number of amides is 1. The van der Waals surface area contributed by atoms with Crippen molar-refractivity contribution in [1.29, 1.82) is 0 Å². The van der Waals surface area contributed by atoms with E-state index in [1.54, 1.807) is 0 Å². The van der Waals surface area contributed by atoms with Crippen LogP contribution in [0.1, 0.15) is 22.3 Å². The summed E-state index contributed by atoms with van der Waals surface area (Å²) >= 11 is 0. The van der Waals surface area contributed by atoms with Gasteiger partial charge < -0.3 is 19.8 Å². The van der Waals surface area contributed by atoms with Crippen molar-refractivity contribution in [3.05, 3.63) is 59.7 Å². The van der Waals surface area contributed by atoms with E-state index in [1.165, 1.54) is 11.3 Å². The smallest absolute Gasteiger partial charge is 0.253 e. The molecule has 5 heteroatoms. The van der Waals surface area contributed by atoms with E-state index < -0.39 is 0 Å². The lowest BCUT2D eigenvalue weighted by molar-refractivity contribution is 0.0767. The van der Waals surface area contributed by atoms with E-state index in [4.69, 9.17) is 5.11 Å². The zero-order valence-electron chi connectivity index (χ0n) is 16.3. The van der Waals surface area contributed by atoms with Crippen molar-refractivity contribution in [2.24, 2.45) is 0 Å². The van der Waals surface area contributed by atoms with Gasteiger partial charge in [-0.2, -0.15) is 0 Å². The standard InChI is InChI=1S/C22H29N3O2/c1-18-6-3-4-7-21(18)24-12-5-13-25(15-14-24)22(27)19-8-10-20(11-9-19)23(2)16-17-26/h3-4,6-11,26H,5,12-17H2,1-2H3. The van der Waals surface area contributed by atoms with Crippen molar-refractivity contribution in [3.63, 3.8) is 0 Å². The van der Waals surface area contributed by atoms with E-state index in [9.17, 15) is 4.79 Å². The van der Waals surface area contributed by atoms with Gasteiger partial charge in [0.1, 0.15) is 0 Å². The molecule has 2 aromatic carbocycles. The Hall–Kier alpha value is -2.53. The van der Waals surface area contributed by atoms with Gasteiger partial charge in [0, 0.05) is 56.7 Å². The van der Waals surface area contributed by atoms with Crippen LogP contribution in [0.3, 0.4) is 0 Å². The maximum Gasteiger partial charge on any atom is 0.253 e. The van der Waals surface area contributed by atoms with Crippen molar-refractivity contribution in [3.8, 4) is 0 Å². The highest BCUT2D eigenvalue weighted by Gasteiger charge is 2.21. The predicted octanol–water partition coefficient (Wildman–Crippen LogP) is 2.78. The van der Waals surface area contributed by atoms with Crippen LogP contribution in [-0.2, 0) is 0 Å². The van der Waals surface area contributed by atoms with Gasteiger partial charge in [-0.25, -0.2) is 0 Å². The first kappa shape index (κ1) is 19.2. The van der Waals surface area contributed by atoms with Crippen LogP contribution >= 0.6 is 0 Å². The molecule has 1 N–H and O–H groups in total. The van der Waals surface area contributed by atoms with Gasteiger partial charge in [0.05, 0.1) is 6.61 Å². The molecular formula is C22H29N3O2. The van der Waals surface area contributed by atoms with Crippen LogP contribution in [0.4, 0.5) is 11.4 Å². The Labute approximate surface area is 161 Å². The third-order valence-electron chi connectivity index (χ3n) is 5.23. The molecule has 3 rings (SSSR count). The molecule has 5 nitrogen and oxygen atoms in total. The molecule has 0 bridgehead atoms. The van der Waals surface area contributed by atoms with Crippen LogP contribution in [0.15, 0.2) is 48.5 Å². The van der Waals surface area contributed by atoms with Crippen LogP contribution in [-0.4, -0.2) is 62.3 Å². The topological polar surface area (TPSA) is 47.0 Å². The number of anilines is 2. The second-order valence-corrected chi connectivity index (χ2v) is 7.11. The molecular weight excluding hydrogens is 338 g/mol. The number of carbonyl (C=O) groups is 1. The number of likely N-dealkylation sites (N-methyl/N-ethyl adjacent to an activating group) is 1. The normalized spacial score (nSPS) is 14.8. The molecule has 0 aliphatic carbocycles. The Morgan fingerprint density at radius 1 is 1.04 bits per heavy atom. The molecule has 0 atom stereocenters.